The first-order valence-electron chi connectivity index (χ1n) is 8.47. The Morgan fingerprint density at radius 1 is 1.11 bits per heavy atom. The summed E-state index contributed by atoms with van der Waals surface area (Å²) in [6.45, 7) is 1.80. The minimum Gasteiger partial charge on any atom is -0.468 e. The van der Waals surface area contributed by atoms with Crippen LogP contribution in [0.5, 0.6) is 0 Å². The van der Waals surface area contributed by atoms with Gasteiger partial charge >= 0.3 is 0 Å². The molecule has 0 aliphatic carbocycles. The summed E-state index contributed by atoms with van der Waals surface area (Å²) in [6.07, 6.45) is 3.45. The van der Waals surface area contributed by atoms with Crippen molar-refractivity contribution in [1.29, 1.82) is 0 Å². The Morgan fingerprint density at radius 3 is 2.50 bits per heavy atom. The van der Waals surface area contributed by atoms with Crippen molar-refractivity contribution in [3.63, 3.8) is 0 Å². The molecule has 0 saturated carbocycles. The molecule has 6 nitrogen and oxygen atoms in total. The van der Waals surface area contributed by atoms with Gasteiger partial charge in [-0.3, -0.25) is 4.79 Å². The molecular weight excluding hydrogens is 396 g/mol. The number of sulfonamides is 1. The predicted octanol–water partition coefficient (Wildman–Crippen LogP) is 4.04. The molecule has 3 aromatic rings. The fraction of sp³-hybridized carbons (Fsp3) is 0.150. The van der Waals surface area contributed by atoms with Crippen LogP contribution in [-0.2, 0) is 16.6 Å². The monoisotopic (exact) mass is 416 g/mol. The van der Waals surface area contributed by atoms with Gasteiger partial charge in [0.2, 0.25) is 10.0 Å². The number of anilines is 1. The Bertz CT molecular complexity index is 1060. The predicted molar refractivity (Wildman–Crippen MR) is 110 cm³/mol. The molecule has 146 valence electrons. The number of hydrogen-bond donors (Lipinski definition) is 2. The summed E-state index contributed by atoms with van der Waals surface area (Å²) in [5.41, 5.74) is 1.63. The summed E-state index contributed by atoms with van der Waals surface area (Å²) in [5, 5.41) is 2.80. The lowest BCUT2D eigenvalue weighted by Crippen LogP contribution is -2.24. The largest absolute Gasteiger partial charge is 0.468 e. The molecule has 0 saturated heterocycles. The molecule has 0 aliphatic heterocycles. The molecule has 0 atom stereocenters. The van der Waals surface area contributed by atoms with Gasteiger partial charge in [-0.2, -0.15) is 0 Å². The first-order valence-corrected chi connectivity index (χ1v) is 11.2. The maximum Gasteiger partial charge on any atom is 0.255 e. The van der Waals surface area contributed by atoms with Crippen LogP contribution in [-0.4, -0.2) is 20.6 Å². The van der Waals surface area contributed by atoms with E-state index in [2.05, 4.69) is 10.0 Å². The Balaban J connectivity index is 1.78. The third-order valence-corrected chi connectivity index (χ3v) is 6.27. The third-order valence-electron chi connectivity index (χ3n) is 4.13. The molecule has 28 heavy (non-hydrogen) atoms. The van der Waals surface area contributed by atoms with Crippen LogP contribution in [0, 0.1) is 6.92 Å². The number of hydrogen-bond acceptors (Lipinski definition) is 5. The first kappa shape index (κ1) is 20.2. The highest BCUT2D eigenvalue weighted by molar-refractivity contribution is 7.98. The van der Waals surface area contributed by atoms with Gasteiger partial charge in [-0.25, -0.2) is 13.1 Å². The first-order chi connectivity index (χ1) is 13.4. The van der Waals surface area contributed by atoms with Crippen molar-refractivity contribution in [3.8, 4) is 0 Å². The second-order valence-corrected chi connectivity index (χ2v) is 8.71. The van der Waals surface area contributed by atoms with Crippen LogP contribution in [0.25, 0.3) is 0 Å². The number of carbonyl (C=O) groups is 1. The number of aryl methyl sites for hydroxylation is 1. The van der Waals surface area contributed by atoms with E-state index in [4.69, 9.17) is 4.42 Å². The number of furan rings is 1. The lowest BCUT2D eigenvalue weighted by atomic mass is 10.1. The van der Waals surface area contributed by atoms with E-state index in [1.807, 2.05) is 30.5 Å². The van der Waals surface area contributed by atoms with E-state index in [0.29, 0.717) is 22.6 Å². The summed E-state index contributed by atoms with van der Waals surface area (Å²) >= 11 is 1.61. The fourth-order valence-electron chi connectivity index (χ4n) is 2.55. The molecule has 0 bridgehead atoms. The van der Waals surface area contributed by atoms with Crippen LogP contribution >= 0.6 is 11.8 Å². The van der Waals surface area contributed by atoms with Crippen molar-refractivity contribution in [2.24, 2.45) is 0 Å². The minimum atomic E-state index is -3.78. The van der Waals surface area contributed by atoms with E-state index < -0.39 is 10.0 Å². The lowest BCUT2D eigenvalue weighted by Gasteiger charge is -2.11. The van der Waals surface area contributed by atoms with Crippen molar-refractivity contribution >= 4 is 33.4 Å². The second kappa shape index (κ2) is 8.64. The van der Waals surface area contributed by atoms with Gasteiger partial charge in [0.15, 0.2) is 0 Å². The average Bonchev–Trinajstić information content (AvgIpc) is 3.21. The van der Waals surface area contributed by atoms with Crippen LogP contribution in [0.1, 0.15) is 21.7 Å². The third kappa shape index (κ3) is 4.83. The molecule has 0 radical (unpaired) electrons. The molecule has 3 rings (SSSR count). The summed E-state index contributed by atoms with van der Waals surface area (Å²) < 4.78 is 32.7. The van der Waals surface area contributed by atoms with E-state index in [0.717, 1.165) is 4.90 Å². The van der Waals surface area contributed by atoms with Gasteiger partial charge in [0.25, 0.3) is 5.91 Å². The SMILES string of the molecule is CSc1ccc(NC(=O)c2cc(S(=O)(=O)NCc3ccco3)ccc2C)cc1. The van der Waals surface area contributed by atoms with Crippen molar-refractivity contribution in [2.75, 3.05) is 11.6 Å². The standard InChI is InChI=1S/C20H20N2O4S2/c1-14-5-10-18(28(24,25)21-13-16-4-3-11-26-16)12-19(14)20(23)22-15-6-8-17(27-2)9-7-15/h3-12,21H,13H2,1-2H3,(H,22,23). The number of nitrogens with one attached hydrogen (secondary N) is 2. The Labute approximate surface area is 168 Å². The Morgan fingerprint density at radius 2 is 1.86 bits per heavy atom. The zero-order valence-corrected chi connectivity index (χ0v) is 17.1. The molecule has 0 fully saturated rings. The molecule has 2 aromatic carbocycles. The molecule has 2 N–H and O–H groups in total. The molecular formula is C20H20N2O4S2. The topological polar surface area (TPSA) is 88.4 Å². The highest BCUT2D eigenvalue weighted by Crippen LogP contribution is 2.20. The maximum absolute atomic E-state index is 12.7. The van der Waals surface area contributed by atoms with E-state index in [9.17, 15) is 13.2 Å². The second-order valence-electron chi connectivity index (χ2n) is 6.06. The molecule has 1 aromatic heterocycles. The zero-order chi connectivity index (χ0) is 20.1. The van der Waals surface area contributed by atoms with E-state index in [1.165, 1.54) is 18.4 Å². The van der Waals surface area contributed by atoms with Crippen LogP contribution in [0.15, 0.2) is 75.1 Å². The maximum atomic E-state index is 12.7. The van der Waals surface area contributed by atoms with Crippen molar-refractivity contribution in [3.05, 3.63) is 77.7 Å². The Hall–Kier alpha value is -2.55. The van der Waals surface area contributed by atoms with Crippen molar-refractivity contribution in [2.45, 2.75) is 23.3 Å². The van der Waals surface area contributed by atoms with Crippen LogP contribution in [0.3, 0.4) is 0 Å². The molecule has 0 aliphatic rings. The number of carbonyl (C=O) groups excluding carboxylic acids is 1. The van der Waals surface area contributed by atoms with Gasteiger partial charge in [-0.1, -0.05) is 6.07 Å². The zero-order valence-electron chi connectivity index (χ0n) is 15.4. The van der Waals surface area contributed by atoms with E-state index in [1.54, 1.807) is 36.9 Å². The molecule has 1 heterocycles. The van der Waals surface area contributed by atoms with Gasteiger partial charge < -0.3 is 9.73 Å². The van der Waals surface area contributed by atoms with Gasteiger partial charge in [-0.15, -0.1) is 11.8 Å². The average molecular weight is 417 g/mol. The summed E-state index contributed by atoms with van der Waals surface area (Å²) in [6, 6.07) is 15.3. The summed E-state index contributed by atoms with van der Waals surface area (Å²) in [5.74, 6) is 0.139. The van der Waals surface area contributed by atoms with Crippen LogP contribution in [0.2, 0.25) is 0 Å². The van der Waals surface area contributed by atoms with Gasteiger partial charge in [0, 0.05) is 16.1 Å². The van der Waals surface area contributed by atoms with Crippen LogP contribution in [0.4, 0.5) is 5.69 Å². The molecule has 1 amide bonds. The summed E-state index contributed by atoms with van der Waals surface area (Å²) in [7, 11) is -3.78. The minimum absolute atomic E-state index is 0.0209. The number of amides is 1. The highest BCUT2D eigenvalue weighted by Gasteiger charge is 2.18. The fourth-order valence-corrected chi connectivity index (χ4v) is 3.98. The van der Waals surface area contributed by atoms with Crippen molar-refractivity contribution < 1.29 is 17.6 Å². The number of thioether (sulfide) groups is 1. The van der Waals surface area contributed by atoms with Crippen molar-refractivity contribution in [1.82, 2.24) is 4.72 Å². The van der Waals surface area contributed by atoms with E-state index >= 15 is 0 Å². The number of benzene rings is 2. The highest BCUT2D eigenvalue weighted by atomic mass is 32.2. The lowest BCUT2D eigenvalue weighted by molar-refractivity contribution is 0.102. The van der Waals surface area contributed by atoms with E-state index in [-0.39, 0.29) is 17.3 Å². The molecule has 0 spiro atoms. The molecule has 0 unspecified atom stereocenters. The molecule has 8 heteroatoms. The quantitative estimate of drug-likeness (QED) is 0.568. The van der Waals surface area contributed by atoms with Gasteiger partial charge in [0.1, 0.15) is 5.76 Å². The number of rotatable bonds is 7. The van der Waals surface area contributed by atoms with Gasteiger partial charge in [-0.05, 0) is 67.3 Å². The van der Waals surface area contributed by atoms with Crippen LogP contribution < -0.4 is 10.0 Å². The Kier molecular flexibility index (Phi) is 6.23. The van der Waals surface area contributed by atoms with Gasteiger partial charge in [0.05, 0.1) is 17.7 Å². The summed E-state index contributed by atoms with van der Waals surface area (Å²) in [4.78, 5) is 13.8. The smallest absolute Gasteiger partial charge is 0.255 e. The normalized spacial score (nSPS) is 11.4.